The molecule has 2 fully saturated rings. The predicted molar refractivity (Wildman–Crippen MR) is 146 cm³/mol. The van der Waals surface area contributed by atoms with Gasteiger partial charge in [-0.1, -0.05) is 63.6 Å². The van der Waals surface area contributed by atoms with Crippen molar-refractivity contribution in [2.24, 2.45) is 39.9 Å². The number of rotatable bonds is 8. The van der Waals surface area contributed by atoms with Crippen LogP contribution in [0.15, 0.2) is 36.0 Å². The summed E-state index contributed by atoms with van der Waals surface area (Å²) < 4.78 is 5.30. The van der Waals surface area contributed by atoms with Crippen LogP contribution in [0, 0.1) is 39.9 Å². The van der Waals surface area contributed by atoms with Crippen molar-refractivity contribution in [1.82, 2.24) is 0 Å². The van der Waals surface area contributed by atoms with Gasteiger partial charge in [-0.2, -0.15) is 0 Å². The molecule has 0 heterocycles. The number of hydrogen-bond donors (Lipinski definition) is 1. The van der Waals surface area contributed by atoms with Gasteiger partial charge in [0.1, 0.15) is 0 Å². The summed E-state index contributed by atoms with van der Waals surface area (Å²) in [5.41, 5.74) is 4.25. The van der Waals surface area contributed by atoms with Crippen molar-refractivity contribution in [2.45, 2.75) is 112 Å². The molecule has 3 heteroatoms. The second-order valence-corrected chi connectivity index (χ2v) is 13.2. The Kier molecular flexibility index (Phi) is 8.52. The van der Waals surface area contributed by atoms with Gasteiger partial charge in [-0.05, 0) is 112 Å². The third-order valence-electron chi connectivity index (χ3n) is 10.9. The van der Waals surface area contributed by atoms with E-state index in [-0.39, 0.29) is 28.3 Å². The highest BCUT2D eigenvalue weighted by atomic mass is 16.5. The molecule has 0 saturated heterocycles. The van der Waals surface area contributed by atoms with E-state index in [0.29, 0.717) is 36.7 Å². The first-order valence-electron chi connectivity index (χ1n) is 14.1. The van der Waals surface area contributed by atoms with Gasteiger partial charge >= 0.3 is 5.97 Å². The maximum absolute atomic E-state index is 12.3. The van der Waals surface area contributed by atoms with Crippen LogP contribution in [0.1, 0.15) is 106 Å². The molecule has 0 aliphatic heterocycles. The summed E-state index contributed by atoms with van der Waals surface area (Å²) in [6.45, 7) is 25.2. The second-order valence-electron chi connectivity index (χ2n) is 13.2. The van der Waals surface area contributed by atoms with E-state index in [0.717, 1.165) is 51.4 Å². The predicted octanol–water partition coefficient (Wildman–Crippen LogP) is 8.04. The van der Waals surface area contributed by atoms with E-state index in [1.165, 1.54) is 16.7 Å². The molecular weight excluding hydrogens is 432 g/mol. The molecule has 0 aromatic rings. The van der Waals surface area contributed by atoms with E-state index in [9.17, 15) is 9.90 Å². The highest BCUT2D eigenvalue weighted by Gasteiger charge is 2.56. The first-order chi connectivity index (χ1) is 16.3. The standard InChI is InChI=1S/C32H52O3/c1-10-35-29(34)18-20-31(8)24(21(2)3)13-11-22(4)25(31)14-15-26-23(5)12-16-27-30(6,7)28(33)17-19-32(26,27)9/h11,24-28,33H,2,5,10,12-20H2,1,3-4,6-9H3/t24-,25+,26-,27-,28-,31+,32+/m0/s1. The summed E-state index contributed by atoms with van der Waals surface area (Å²) in [7, 11) is 0. The molecule has 0 aromatic carbocycles. The maximum Gasteiger partial charge on any atom is 0.305 e. The molecule has 3 aliphatic rings. The first-order valence-corrected chi connectivity index (χ1v) is 14.1. The van der Waals surface area contributed by atoms with Gasteiger partial charge < -0.3 is 9.84 Å². The molecule has 0 spiro atoms. The zero-order valence-electron chi connectivity index (χ0n) is 23.7. The normalized spacial score (nSPS) is 38.9. The van der Waals surface area contributed by atoms with Crippen molar-refractivity contribution in [1.29, 1.82) is 0 Å². The molecule has 3 rings (SSSR count). The van der Waals surface area contributed by atoms with Crippen molar-refractivity contribution in [2.75, 3.05) is 6.61 Å². The van der Waals surface area contributed by atoms with E-state index in [4.69, 9.17) is 4.74 Å². The zero-order valence-corrected chi connectivity index (χ0v) is 23.7. The minimum atomic E-state index is -0.210. The molecule has 2 saturated carbocycles. The molecule has 198 valence electrons. The molecule has 3 nitrogen and oxygen atoms in total. The fourth-order valence-corrected chi connectivity index (χ4v) is 8.79. The number of allylic oxidation sites excluding steroid dienone is 4. The molecule has 0 unspecified atom stereocenters. The fourth-order valence-electron chi connectivity index (χ4n) is 8.79. The largest absolute Gasteiger partial charge is 0.466 e. The van der Waals surface area contributed by atoms with E-state index in [1.54, 1.807) is 0 Å². The zero-order chi connectivity index (χ0) is 26.2. The van der Waals surface area contributed by atoms with Gasteiger partial charge in [0.15, 0.2) is 0 Å². The number of hydrogen-bond acceptors (Lipinski definition) is 3. The van der Waals surface area contributed by atoms with Crippen molar-refractivity contribution < 1.29 is 14.6 Å². The van der Waals surface area contributed by atoms with Crippen LogP contribution in [-0.4, -0.2) is 23.8 Å². The van der Waals surface area contributed by atoms with Crippen LogP contribution in [0.5, 0.6) is 0 Å². The third-order valence-corrected chi connectivity index (χ3v) is 10.9. The van der Waals surface area contributed by atoms with Crippen molar-refractivity contribution in [3.05, 3.63) is 36.0 Å². The average molecular weight is 485 g/mol. The van der Waals surface area contributed by atoms with Crippen LogP contribution in [0.2, 0.25) is 0 Å². The lowest BCUT2D eigenvalue weighted by molar-refractivity contribution is -0.144. The molecule has 0 amide bonds. The Hall–Kier alpha value is -1.35. The average Bonchev–Trinajstić information content (AvgIpc) is 2.76. The Morgan fingerprint density at radius 2 is 1.83 bits per heavy atom. The quantitative estimate of drug-likeness (QED) is 0.280. The minimum Gasteiger partial charge on any atom is -0.466 e. The summed E-state index contributed by atoms with van der Waals surface area (Å²) >= 11 is 0. The van der Waals surface area contributed by atoms with Gasteiger partial charge in [0, 0.05) is 6.42 Å². The number of carbonyl (C=O) groups excluding carboxylic acids is 1. The second kappa shape index (κ2) is 10.6. The van der Waals surface area contributed by atoms with Gasteiger partial charge in [0.05, 0.1) is 12.7 Å². The lowest BCUT2D eigenvalue weighted by Crippen LogP contribution is -2.54. The van der Waals surface area contributed by atoms with E-state index < -0.39 is 0 Å². The van der Waals surface area contributed by atoms with Crippen LogP contribution in [0.4, 0.5) is 0 Å². The Morgan fingerprint density at radius 1 is 1.17 bits per heavy atom. The lowest BCUT2D eigenvalue weighted by Gasteiger charge is -2.60. The maximum atomic E-state index is 12.3. The summed E-state index contributed by atoms with van der Waals surface area (Å²) in [5, 5.41) is 10.8. The molecule has 0 bridgehead atoms. The Balaban J connectivity index is 1.86. The molecule has 1 N–H and O–H groups in total. The lowest BCUT2D eigenvalue weighted by atomic mass is 9.46. The smallest absolute Gasteiger partial charge is 0.305 e. The van der Waals surface area contributed by atoms with Crippen LogP contribution >= 0.6 is 0 Å². The van der Waals surface area contributed by atoms with Crippen LogP contribution in [0.25, 0.3) is 0 Å². The van der Waals surface area contributed by atoms with E-state index in [2.05, 4.69) is 60.8 Å². The number of ether oxygens (including phenoxy) is 1. The highest BCUT2D eigenvalue weighted by molar-refractivity contribution is 5.69. The Bertz CT molecular complexity index is 851. The molecular formula is C32H52O3. The van der Waals surface area contributed by atoms with Crippen molar-refractivity contribution in [3.63, 3.8) is 0 Å². The number of aliphatic hydroxyl groups excluding tert-OH is 1. The first kappa shape index (κ1) is 28.2. The Morgan fingerprint density at radius 3 is 2.46 bits per heavy atom. The van der Waals surface area contributed by atoms with Gasteiger partial charge in [-0.3, -0.25) is 4.79 Å². The molecule has 0 aromatic heterocycles. The molecule has 0 radical (unpaired) electrons. The van der Waals surface area contributed by atoms with E-state index >= 15 is 0 Å². The molecule has 35 heavy (non-hydrogen) atoms. The van der Waals surface area contributed by atoms with Crippen LogP contribution in [-0.2, 0) is 9.53 Å². The summed E-state index contributed by atoms with van der Waals surface area (Å²) in [6, 6.07) is 0. The number of carbonyl (C=O) groups is 1. The Labute approximate surface area is 215 Å². The number of fused-ring (bicyclic) bond motifs is 1. The van der Waals surface area contributed by atoms with Crippen molar-refractivity contribution >= 4 is 5.97 Å². The molecule has 7 atom stereocenters. The molecule has 3 aliphatic carbocycles. The number of aliphatic hydroxyl groups is 1. The van der Waals surface area contributed by atoms with Gasteiger partial charge in [0.2, 0.25) is 0 Å². The fraction of sp³-hybridized carbons (Fsp3) is 0.781. The van der Waals surface area contributed by atoms with Gasteiger partial charge in [-0.15, -0.1) is 0 Å². The van der Waals surface area contributed by atoms with E-state index in [1.807, 2.05) is 6.92 Å². The van der Waals surface area contributed by atoms with Crippen molar-refractivity contribution in [3.8, 4) is 0 Å². The number of esters is 1. The topological polar surface area (TPSA) is 46.5 Å². The monoisotopic (exact) mass is 484 g/mol. The van der Waals surface area contributed by atoms with Gasteiger partial charge in [-0.25, -0.2) is 0 Å². The summed E-state index contributed by atoms with van der Waals surface area (Å²) in [4.78, 5) is 12.3. The summed E-state index contributed by atoms with van der Waals surface area (Å²) in [5.74, 6) is 1.73. The van der Waals surface area contributed by atoms with Crippen LogP contribution in [0.3, 0.4) is 0 Å². The highest BCUT2D eigenvalue weighted by Crippen LogP contribution is 2.62. The SMILES string of the molecule is C=C(C)[C@@H]1CC=C(C)[C@@H](CC[C@H]2C(=C)CC[C@H]3C(C)(C)[C@@H](O)CC[C@]23C)[C@]1(C)CCC(=O)OCC. The third kappa shape index (κ3) is 5.22. The summed E-state index contributed by atoms with van der Waals surface area (Å²) in [6.07, 6.45) is 11.0. The minimum absolute atomic E-state index is 0.00420. The van der Waals surface area contributed by atoms with Gasteiger partial charge in [0.25, 0.3) is 0 Å². The van der Waals surface area contributed by atoms with Crippen LogP contribution < -0.4 is 0 Å².